The Morgan fingerprint density at radius 2 is 2.24 bits per heavy atom. The maximum Gasteiger partial charge on any atom is 0.351 e. The van der Waals surface area contributed by atoms with Gasteiger partial charge in [0.1, 0.15) is 5.75 Å². The molecule has 0 spiro atoms. The highest BCUT2D eigenvalue weighted by Gasteiger charge is 2.31. The van der Waals surface area contributed by atoms with Crippen molar-refractivity contribution in [1.29, 1.82) is 0 Å². The summed E-state index contributed by atoms with van der Waals surface area (Å²) in [4.78, 5) is 12.5. The van der Waals surface area contributed by atoms with Crippen molar-refractivity contribution < 1.29 is 26.9 Å². The van der Waals surface area contributed by atoms with Crippen molar-refractivity contribution in [3.05, 3.63) is 15.8 Å². The summed E-state index contributed by atoms with van der Waals surface area (Å²) < 4.78 is 39.4. The van der Waals surface area contributed by atoms with Gasteiger partial charge in [0.15, 0.2) is 10.6 Å². The highest BCUT2D eigenvalue weighted by atomic mass is 32.2. The van der Waals surface area contributed by atoms with Crippen molar-refractivity contribution >= 4 is 27.4 Å². The minimum Gasteiger partial charge on any atom is -0.465 e. The number of methoxy groups -OCH3 is 1. The molecule has 0 bridgehead atoms. The smallest absolute Gasteiger partial charge is 0.351 e. The number of ether oxygens (including phenoxy) is 2. The zero-order valence-corrected chi connectivity index (χ0v) is 13.8. The zero-order valence-electron chi connectivity index (χ0n) is 12.1. The van der Waals surface area contributed by atoms with Crippen LogP contribution in [0.25, 0.3) is 0 Å². The molecule has 0 aromatic carbocycles. The van der Waals surface area contributed by atoms with E-state index in [0.29, 0.717) is 6.61 Å². The lowest BCUT2D eigenvalue weighted by molar-refractivity contribution is 0.0604. The molecule has 2 atom stereocenters. The third-order valence-electron chi connectivity index (χ3n) is 3.32. The molecule has 1 aromatic heterocycles. The summed E-state index contributed by atoms with van der Waals surface area (Å²) in [7, 11) is -2.59. The van der Waals surface area contributed by atoms with Crippen LogP contribution in [0, 0.1) is 12.8 Å². The van der Waals surface area contributed by atoms with Crippen LogP contribution in [-0.4, -0.2) is 40.0 Å². The average molecular weight is 334 g/mol. The van der Waals surface area contributed by atoms with Gasteiger partial charge in [-0.3, -0.25) is 0 Å². The number of carbonyl (C=O) groups is 1. The average Bonchev–Trinajstić information content (AvgIpc) is 2.94. The molecule has 8 heteroatoms. The summed E-state index contributed by atoms with van der Waals surface area (Å²) in [6.45, 7) is 4.27. The predicted octanol–water partition coefficient (Wildman–Crippen LogP) is 1.98. The Kier molecular flexibility index (Phi) is 4.90. The Labute approximate surface area is 128 Å². The molecule has 1 aromatic rings. The van der Waals surface area contributed by atoms with E-state index in [9.17, 15) is 13.2 Å². The second-order valence-electron chi connectivity index (χ2n) is 5.02. The second-order valence-corrected chi connectivity index (χ2v) is 7.90. The van der Waals surface area contributed by atoms with Gasteiger partial charge in [-0.15, -0.1) is 11.3 Å². The first-order valence-corrected chi connectivity index (χ1v) is 8.94. The first-order valence-electron chi connectivity index (χ1n) is 6.55. The molecule has 2 heterocycles. The number of thiophene rings is 1. The van der Waals surface area contributed by atoms with E-state index in [2.05, 4.69) is 4.74 Å². The summed E-state index contributed by atoms with van der Waals surface area (Å²) >= 11 is 1.14. The summed E-state index contributed by atoms with van der Waals surface area (Å²) in [6, 6.07) is 1.52. The fraction of sp³-hybridized carbons (Fsp3) is 0.615. The SMILES string of the molecule is COC(=O)c1sc(C)cc1OS(=O)(=O)C[C@@H]1OCC[C@@H]1C. The third-order valence-corrected chi connectivity index (χ3v) is 5.50. The first kappa shape index (κ1) is 16.3. The molecule has 2 rings (SSSR count). The van der Waals surface area contributed by atoms with E-state index in [1.807, 2.05) is 6.92 Å². The topological polar surface area (TPSA) is 78.9 Å². The summed E-state index contributed by atoms with van der Waals surface area (Å²) in [5, 5.41) is 0. The quantitative estimate of drug-likeness (QED) is 0.605. The van der Waals surface area contributed by atoms with E-state index >= 15 is 0 Å². The molecule has 0 N–H and O–H groups in total. The molecule has 0 amide bonds. The van der Waals surface area contributed by atoms with E-state index in [0.717, 1.165) is 22.6 Å². The Morgan fingerprint density at radius 1 is 1.52 bits per heavy atom. The Hall–Kier alpha value is -1.12. The van der Waals surface area contributed by atoms with Crippen LogP contribution in [0.15, 0.2) is 6.07 Å². The molecule has 1 fully saturated rings. The van der Waals surface area contributed by atoms with Crippen LogP contribution in [0.2, 0.25) is 0 Å². The van der Waals surface area contributed by atoms with Gasteiger partial charge >= 0.3 is 16.1 Å². The lowest BCUT2D eigenvalue weighted by atomic mass is 10.1. The standard InChI is InChI=1S/C13H18O6S2/c1-8-4-5-18-11(8)7-21(15,16)19-10-6-9(2)20-12(10)13(14)17-3/h6,8,11H,4-5,7H2,1-3H3/t8-,11-/m0/s1. The molecule has 21 heavy (non-hydrogen) atoms. The van der Waals surface area contributed by atoms with E-state index in [-0.39, 0.29) is 28.4 Å². The first-order chi connectivity index (χ1) is 9.82. The van der Waals surface area contributed by atoms with E-state index in [4.69, 9.17) is 8.92 Å². The Bertz CT molecular complexity index is 619. The van der Waals surface area contributed by atoms with Gasteiger partial charge < -0.3 is 13.7 Å². The molecule has 0 radical (unpaired) electrons. The number of hydrogen-bond acceptors (Lipinski definition) is 7. The van der Waals surface area contributed by atoms with E-state index in [1.54, 1.807) is 6.92 Å². The lowest BCUT2D eigenvalue weighted by Gasteiger charge is -2.14. The van der Waals surface area contributed by atoms with Crippen LogP contribution in [0.4, 0.5) is 0 Å². The molecule has 0 saturated carbocycles. The van der Waals surface area contributed by atoms with Crippen LogP contribution in [0.3, 0.4) is 0 Å². The number of carbonyl (C=O) groups excluding carboxylic acids is 1. The van der Waals surface area contributed by atoms with Crippen molar-refractivity contribution in [2.45, 2.75) is 26.4 Å². The van der Waals surface area contributed by atoms with E-state index < -0.39 is 16.1 Å². The van der Waals surface area contributed by atoms with Gasteiger partial charge in [-0.25, -0.2) is 4.79 Å². The van der Waals surface area contributed by atoms with Gasteiger partial charge in [-0.1, -0.05) is 6.92 Å². The summed E-state index contributed by atoms with van der Waals surface area (Å²) in [5.74, 6) is -0.629. The fourth-order valence-corrected chi connectivity index (χ4v) is 4.34. The van der Waals surface area contributed by atoms with Gasteiger partial charge in [0, 0.05) is 11.5 Å². The van der Waals surface area contributed by atoms with Crippen LogP contribution < -0.4 is 4.18 Å². The van der Waals surface area contributed by atoms with Crippen molar-refractivity contribution in [3.63, 3.8) is 0 Å². The molecule has 6 nitrogen and oxygen atoms in total. The van der Waals surface area contributed by atoms with Crippen molar-refractivity contribution in [2.75, 3.05) is 19.5 Å². The Balaban J connectivity index is 2.15. The normalized spacial score (nSPS) is 22.2. The van der Waals surface area contributed by atoms with Crippen molar-refractivity contribution in [2.24, 2.45) is 5.92 Å². The molecule has 1 aliphatic heterocycles. The minimum absolute atomic E-state index is 0.0231. The molecule has 0 unspecified atom stereocenters. The molecule has 118 valence electrons. The molecule has 1 aliphatic rings. The van der Waals surface area contributed by atoms with Gasteiger partial charge in [0.05, 0.1) is 13.2 Å². The molecular formula is C13H18O6S2. The zero-order chi connectivity index (χ0) is 15.6. The number of rotatable bonds is 5. The van der Waals surface area contributed by atoms with Crippen LogP contribution in [-0.2, 0) is 19.6 Å². The number of hydrogen-bond donors (Lipinski definition) is 0. The van der Waals surface area contributed by atoms with Gasteiger partial charge in [-0.2, -0.15) is 8.42 Å². The molecule has 0 aliphatic carbocycles. The molecular weight excluding hydrogens is 316 g/mol. The number of esters is 1. The second kappa shape index (κ2) is 6.33. The minimum atomic E-state index is -3.83. The summed E-state index contributed by atoms with van der Waals surface area (Å²) in [6.07, 6.45) is 0.474. The van der Waals surface area contributed by atoms with Gasteiger partial charge in [0.2, 0.25) is 0 Å². The van der Waals surface area contributed by atoms with E-state index in [1.165, 1.54) is 13.2 Å². The lowest BCUT2D eigenvalue weighted by Crippen LogP contribution is -2.28. The fourth-order valence-electron chi connectivity index (χ4n) is 2.13. The number of aryl methyl sites for hydroxylation is 1. The predicted molar refractivity (Wildman–Crippen MR) is 78.3 cm³/mol. The maximum absolute atomic E-state index is 12.1. The molecule has 1 saturated heterocycles. The van der Waals surface area contributed by atoms with Crippen LogP contribution >= 0.6 is 11.3 Å². The van der Waals surface area contributed by atoms with Crippen molar-refractivity contribution in [1.82, 2.24) is 0 Å². The maximum atomic E-state index is 12.1. The highest BCUT2D eigenvalue weighted by molar-refractivity contribution is 7.87. The largest absolute Gasteiger partial charge is 0.465 e. The third kappa shape index (κ3) is 3.96. The van der Waals surface area contributed by atoms with Crippen molar-refractivity contribution in [3.8, 4) is 5.75 Å². The van der Waals surface area contributed by atoms with Gasteiger partial charge in [-0.05, 0) is 25.3 Å². The monoisotopic (exact) mass is 334 g/mol. The van der Waals surface area contributed by atoms with Crippen LogP contribution in [0.1, 0.15) is 27.9 Å². The Morgan fingerprint density at radius 3 is 2.81 bits per heavy atom. The van der Waals surface area contributed by atoms with Gasteiger partial charge in [0.25, 0.3) is 0 Å². The van der Waals surface area contributed by atoms with Crippen LogP contribution in [0.5, 0.6) is 5.75 Å². The summed E-state index contributed by atoms with van der Waals surface area (Å²) in [5.41, 5.74) is 0. The highest BCUT2D eigenvalue weighted by Crippen LogP contribution is 2.31.